The number of rotatable bonds is 11. The fourth-order valence-corrected chi connectivity index (χ4v) is 11.0. The fourth-order valence-electron chi connectivity index (χ4n) is 6.06. The van der Waals surface area contributed by atoms with E-state index in [2.05, 4.69) is 175 Å². The SMILES string of the molecule is SCCc1cccc([Si](Cn2ccnc2BC(=Cc2ccccc2)c2ccccc2)(c2ccccc2)c2ccccc2)c1. The number of hydrogen-bond acceptors (Lipinski definition) is 2. The molecule has 43 heavy (non-hydrogen) atoms. The van der Waals surface area contributed by atoms with Crippen molar-refractivity contribution in [3.8, 4) is 0 Å². The molecule has 0 radical (unpaired) electrons. The van der Waals surface area contributed by atoms with Crippen molar-refractivity contribution in [1.82, 2.24) is 9.55 Å². The normalized spacial score (nSPS) is 11.8. The Morgan fingerprint density at radius 1 is 0.698 bits per heavy atom. The highest BCUT2D eigenvalue weighted by atomic mass is 32.1. The number of hydrogen-bond donors (Lipinski definition) is 1. The molecule has 0 atom stereocenters. The first-order valence-corrected chi connectivity index (χ1v) is 17.7. The second-order valence-corrected chi connectivity index (χ2v) is 15.2. The van der Waals surface area contributed by atoms with E-state index in [1.807, 2.05) is 6.20 Å². The quantitative estimate of drug-likeness (QED) is 0.0936. The van der Waals surface area contributed by atoms with E-state index < -0.39 is 8.07 Å². The maximum atomic E-state index is 4.97. The number of nitrogens with zero attached hydrogens (tertiary/aromatic N) is 2. The van der Waals surface area contributed by atoms with Crippen molar-refractivity contribution in [3.05, 3.63) is 175 Å². The summed E-state index contributed by atoms with van der Waals surface area (Å²) in [4.78, 5) is 4.97. The molecule has 0 amide bonds. The third kappa shape index (κ3) is 6.54. The van der Waals surface area contributed by atoms with Crippen LogP contribution < -0.4 is 21.3 Å². The molecule has 0 bridgehead atoms. The van der Waals surface area contributed by atoms with Crippen molar-refractivity contribution in [2.45, 2.75) is 12.6 Å². The van der Waals surface area contributed by atoms with Gasteiger partial charge in [0.15, 0.2) is 8.07 Å². The monoisotopic (exact) mass is 590 g/mol. The highest BCUT2D eigenvalue weighted by molar-refractivity contribution is 7.80. The zero-order valence-corrected chi connectivity index (χ0v) is 26.2. The molecule has 0 aliphatic rings. The molecule has 1 aromatic heterocycles. The van der Waals surface area contributed by atoms with Gasteiger partial charge in [-0.25, -0.2) is 0 Å². The minimum absolute atomic E-state index is 0.736. The number of aromatic nitrogens is 2. The summed E-state index contributed by atoms with van der Waals surface area (Å²) in [5, 5.41) is 4.20. The van der Waals surface area contributed by atoms with Crippen LogP contribution in [0.1, 0.15) is 16.7 Å². The molecule has 5 aromatic carbocycles. The Hall–Kier alpha value is -4.32. The van der Waals surface area contributed by atoms with Gasteiger partial charge in [-0.2, -0.15) is 12.6 Å². The number of thiol groups is 1. The Balaban J connectivity index is 1.49. The lowest BCUT2D eigenvalue weighted by molar-refractivity contribution is 0.893. The molecule has 6 aromatic rings. The van der Waals surface area contributed by atoms with Gasteiger partial charge in [0.05, 0.1) is 5.72 Å². The molecule has 0 fully saturated rings. The van der Waals surface area contributed by atoms with Crippen molar-refractivity contribution < 1.29 is 0 Å². The van der Waals surface area contributed by atoms with Gasteiger partial charge in [-0.1, -0.05) is 157 Å². The number of benzene rings is 5. The summed E-state index contributed by atoms with van der Waals surface area (Å²) in [7, 11) is -1.81. The van der Waals surface area contributed by atoms with Crippen molar-refractivity contribution in [3.63, 3.8) is 0 Å². The second-order valence-electron chi connectivity index (χ2n) is 10.9. The van der Waals surface area contributed by atoms with Gasteiger partial charge in [0.1, 0.15) is 0 Å². The maximum absolute atomic E-state index is 4.97. The summed E-state index contributed by atoms with van der Waals surface area (Å²) in [6.07, 6.45) is 8.24. The average Bonchev–Trinajstić information content (AvgIpc) is 3.51. The van der Waals surface area contributed by atoms with Crippen molar-refractivity contribution in [1.29, 1.82) is 0 Å². The summed E-state index contributed by atoms with van der Waals surface area (Å²) < 4.78 is 2.42. The molecule has 0 unspecified atom stereocenters. The molecule has 1 heterocycles. The smallest absolute Gasteiger partial charge is 0.239 e. The van der Waals surface area contributed by atoms with E-state index in [1.165, 1.54) is 37.7 Å². The molecule has 0 saturated carbocycles. The van der Waals surface area contributed by atoms with E-state index in [4.69, 9.17) is 4.98 Å². The zero-order valence-electron chi connectivity index (χ0n) is 24.3. The third-order valence-electron chi connectivity index (χ3n) is 8.20. The van der Waals surface area contributed by atoms with E-state index in [1.54, 1.807) is 0 Å². The molecule has 0 N–H and O–H groups in total. The van der Waals surface area contributed by atoms with Crippen LogP contribution in [0, 0.1) is 0 Å². The van der Waals surface area contributed by atoms with Crippen molar-refractivity contribution >= 4 is 60.8 Å². The van der Waals surface area contributed by atoms with Crippen LogP contribution in [0.15, 0.2) is 158 Å². The molecule has 6 rings (SSSR count). The Labute approximate surface area is 262 Å². The first kappa shape index (κ1) is 28.8. The van der Waals surface area contributed by atoms with Crippen LogP contribution in [-0.4, -0.2) is 30.7 Å². The van der Waals surface area contributed by atoms with Crippen LogP contribution in [0.2, 0.25) is 0 Å². The molecule has 0 aliphatic carbocycles. The van der Waals surface area contributed by atoms with E-state index >= 15 is 0 Å². The zero-order chi connectivity index (χ0) is 29.3. The summed E-state index contributed by atoms with van der Waals surface area (Å²) in [6, 6.07) is 52.8. The van der Waals surface area contributed by atoms with Crippen LogP contribution >= 0.6 is 12.6 Å². The summed E-state index contributed by atoms with van der Waals surface area (Å²) in [6.45, 7) is 0. The Bertz CT molecular complexity index is 1730. The molecule has 2 nitrogen and oxygen atoms in total. The van der Waals surface area contributed by atoms with Gasteiger partial charge >= 0.3 is 0 Å². The Morgan fingerprint density at radius 2 is 1.28 bits per heavy atom. The second kappa shape index (κ2) is 13.8. The van der Waals surface area contributed by atoms with Crippen LogP contribution in [0.4, 0.5) is 0 Å². The molecule has 0 saturated heterocycles. The third-order valence-corrected chi connectivity index (χ3v) is 13.2. The highest BCUT2D eigenvalue weighted by Crippen LogP contribution is 2.18. The Morgan fingerprint density at radius 3 is 1.91 bits per heavy atom. The summed E-state index contributed by atoms with van der Waals surface area (Å²) in [5.41, 5.74) is 6.06. The minimum atomic E-state index is -2.55. The Kier molecular flexibility index (Phi) is 9.22. The molecule has 0 spiro atoms. The van der Waals surface area contributed by atoms with Gasteiger partial charge in [0, 0.05) is 18.6 Å². The predicted octanol–water partition coefficient (Wildman–Crippen LogP) is 5.33. The largest absolute Gasteiger partial charge is 0.345 e. The van der Waals surface area contributed by atoms with Gasteiger partial charge < -0.3 is 4.57 Å². The van der Waals surface area contributed by atoms with E-state index in [9.17, 15) is 0 Å². The van der Waals surface area contributed by atoms with Crippen molar-refractivity contribution in [2.75, 3.05) is 5.75 Å². The highest BCUT2D eigenvalue weighted by Gasteiger charge is 2.40. The molecule has 5 heteroatoms. The minimum Gasteiger partial charge on any atom is -0.345 e. The lowest BCUT2D eigenvalue weighted by Crippen LogP contribution is -2.70. The van der Waals surface area contributed by atoms with Gasteiger partial charge in [-0.3, -0.25) is 4.98 Å². The topological polar surface area (TPSA) is 17.8 Å². The molecule has 0 aliphatic heterocycles. The van der Waals surface area contributed by atoms with Gasteiger partial charge in [0.2, 0.25) is 7.28 Å². The first-order chi connectivity index (χ1) is 21.3. The maximum Gasteiger partial charge on any atom is 0.239 e. The molecular weight excluding hydrogens is 555 g/mol. The first-order valence-electron chi connectivity index (χ1n) is 14.9. The van der Waals surface area contributed by atoms with E-state index in [0.29, 0.717) is 0 Å². The van der Waals surface area contributed by atoms with Crippen LogP contribution in [0.25, 0.3) is 11.5 Å². The average molecular weight is 591 g/mol. The number of aryl methyl sites for hydroxylation is 1. The van der Waals surface area contributed by atoms with Crippen molar-refractivity contribution in [2.24, 2.45) is 0 Å². The lowest BCUT2D eigenvalue weighted by Gasteiger charge is -2.35. The van der Waals surface area contributed by atoms with Crippen LogP contribution in [0.3, 0.4) is 0 Å². The molecule has 210 valence electrons. The van der Waals surface area contributed by atoms with Gasteiger partial charge in [-0.15, -0.1) is 0 Å². The lowest BCUT2D eigenvalue weighted by atomic mass is 9.65. The molecular formula is C38H35BN2SSi. The predicted molar refractivity (Wildman–Crippen MR) is 191 cm³/mol. The van der Waals surface area contributed by atoms with Crippen LogP contribution in [-0.2, 0) is 12.6 Å². The number of imidazole rings is 1. The summed E-state index contributed by atoms with van der Waals surface area (Å²) in [5.74, 6) is 0.830. The standard InChI is InChI=1S/C38H35BN2SSi/c42-27-24-32-16-13-23-36(28-32)43(34-19-9-3-10-20-34,35-21-11-4-12-22-35)30-41-26-25-40-38(41)39-37(33-17-7-2-8-18-33)29-31-14-5-1-6-15-31/h1-23,25-26,28-29,39,42H,24,27,30H2. The van der Waals surface area contributed by atoms with Gasteiger partial charge in [-0.05, 0) is 44.4 Å². The van der Waals surface area contributed by atoms with E-state index in [0.717, 1.165) is 31.3 Å². The van der Waals surface area contributed by atoms with Crippen LogP contribution in [0.5, 0.6) is 0 Å². The fraction of sp³-hybridized carbons (Fsp3) is 0.0789. The summed E-state index contributed by atoms with van der Waals surface area (Å²) >= 11 is 4.55. The van der Waals surface area contributed by atoms with E-state index in [-0.39, 0.29) is 0 Å². The van der Waals surface area contributed by atoms with Gasteiger partial charge in [0.25, 0.3) is 0 Å².